The Morgan fingerprint density at radius 2 is 1.54 bits per heavy atom. The summed E-state index contributed by atoms with van der Waals surface area (Å²) >= 11 is 1.43. The molecule has 0 bridgehead atoms. The largest absolute Gasteiger partial charge is 0.345 e. The van der Waals surface area contributed by atoms with Crippen molar-refractivity contribution in [3.8, 4) is 6.07 Å². The summed E-state index contributed by atoms with van der Waals surface area (Å²) in [5, 5.41) is 12.3. The Balaban J connectivity index is 1.83. The quantitative estimate of drug-likeness (QED) is 0.682. The molecule has 3 rings (SSSR count). The molecule has 1 N–H and O–H groups in total. The van der Waals surface area contributed by atoms with E-state index in [0.717, 1.165) is 15.4 Å². The van der Waals surface area contributed by atoms with Gasteiger partial charge in [-0.3, -0.25) is 4.79 Å². The fraction of sp³-hybridized carbons (Fsp3) is 0.0909. The van der Waals surface area contributed by atoms with Gasteiger partial charge in [-0.25, -0.2) is 0 Å². The number of nitriles is 1. The molecule has 4 heteroatoms. The smallest absolute Gasteiger partial charge is 0.252 e. The highest BCUT2D eigenvalue weighted by molar-refractivity contribution is 7.99. The second kappa shape index (κ2) is 8.37. The van der Waals surface area contributed by atoms with Crippen LogP contribution in [0.5, 0.6) is 0 Å². The summed E-state index contributed by atoms with van der Waals surface area (Å²) in [6, 6.07) is 26.8. The molecule has 0 radical (unpaired) electrons. The maximum atomic E-state index is 12.8. The van der Waals surface area contributed by atoms with Gasteiger partial charge >= 0.3 is 0 Å². The van der Waals surface area contributed by atoms with Gasteiger partial charge in [0.15, 0.2) is 0 Å². The lowest BCUT2D eigenvalue weighted by Gasteiger charge is -2.16. The monoisotopic (exact) mass is 358 g/mol. The van der Waals surface area contributed by atoms with Crippen LogP contribution < -0.4 is 5.32 Å². The molecule has 3 nitrogen and oxygen atoms in total. The molecule has 0 saturated heterocycles. The van der Waals surface area contributed by atoms with Crippen LogP contribution in [0.2, 0.25) is 0 Å². The van der Waals surface area contributed by atoms with Crippen molar-refractivity contribution in [2.24, 2.45) is 0 Å². The zero-order chi connectivity index (χ0) is 18.4. The molecule has 26 heavy (non-hydrogen) atoms. The topological polar surface area (TPSA) is 52.9 Å². The average molecular weight is 358 g/mol. The lowest BCUT2D eigenvalue weighted by atomic mass is 10.1. The van der Waals surface area contributed by atoms with Gasteiger partial charge in [0.2, 0.25) is 0 Å². The number of carbonyl (C=O) groups excluding carboxylic acids is 1. The van der Waals surface area contributed by atoms with Crippen LogP contribution in [0.4, 0.5) is 0 Å². The number of nitrogens with zero attached hydrogens (tertiary/aromatic N) is 1. The summed E-state index contributed by atoms with van der Waals surface area (Å²) in [5.41, 5.74) is 2.26. The van der Waals surface area contributed by atoms with Crippen molar-refractivity contribution in [1.29, 1.82) is 5.26 Å². The number of benzene rings is 3. The number of nitrogens with one attached hydrogen (secondary N) is 1. The second-order valence-corrected chi connectivity index (χ2v) is 6.90. The van der Waals surface area contributed by atoms with E-state index < -0.39 is 0 Å². The molecule has 0 aromatic heterocycles. The summed E-state index contributed by atoms with van der Waals surface area (Å²) in [6.07, 6.45) is 0. The standard InChI is InChI=1S/C22H18N2OS/c1-16(17-9-3-2-4-10-17)24-22(25)19-12-6-8-14-21(19)26-20-13-7-5-11-18(20)15-23/h2-14,16H,1H3,(H,24,25)/t16-/m1/s1. The van der Waals surface area contributed by atoms with Crippen LogP contribution in [0.25, 0.3) is 0 Å². The number of rotatable bonds is 5. The lowest BCUT2D eigenvalue weighted by Crippen LogP contribution is -2.27. The molecule has 0 fully saturated rings. The van der Waals surface area contributed by atoms with Gasteiger partial charge < -0.3 is 5.32 Å². The molecule has 0 spiro atoms. The van der Waals surface area contributed by atoms with Gasteiger partial charge in [0.05, 0.1) is 17.2 Å². The van der Waals surface area contributed by atoms with Gasteiger partial charge in [0, 0.05) is 9.79 Å². The summed E-state index contributed by atoms with van der Waals surface area (Å²) in [6.45, 7) is 1.97. The van der Waals surface area contributed by atoms with E-state index >= 15 is 0 Å². The van der Waals surface area contributed by atoms with E-state index in [1.807, 2.05) is 79.7 Å². The highest BCUT2D eigenvalue weighted by atomic mass is 32.2. The Bertz CT molecular complexity index is 948. The van der Waals surface area contributed by atoms with E-state index in [1.54, 1.807) is 6.07 Å². The molecule has 0 aliphatic heterocycles. The first-order valence-electron chi connectivity index (χ1n) is 8.31. The van der Waals surface area contributed by atoms with Crippen molar-refractivity contribution < 1.29 is 4.79 Å². The Kier molecular flexibility index (Phi) is 5.73. The number of carbonyl (C=O) groups is 1. The molecule has 0 saturated carbocycles. The first-order valence-corrected chi connectivity index (χ1v) is 9.12. The zero-order valence-corrected chi connectivity index (χ0v) is 15.2. The van der Waals surface area contributed by atoms with Crippen LogP contribution in [0.1, 0.15) is 34.5 Å². The molecule has 0 heterocycles. The van der Waals surface area contributed by atoms with Crippen LogP contribution in [0.15, 0.2) is 88.7 Å². The van der Waals surface area contributed by atoms with Crippen molar-refractivity contribution in [3.05, 3.63) is 95.6 Å². The molecule has 0 aliphatic rings. The SMILES string of the molecule is C[C@@H](NC(=O)c1ccccc1Sc1ccccc1C#N)c1ccccc1. The number of hydrogen-bond donors (Lipinski definition) is 1. The Hall–Kier alpha value is -3.03. The Labute approximate surface area is 157 Å². The van der Waals surface area contributed by atoms with E-state index in [0.29, 0.717) is 11.1 Å². The van der Waals surface area contributed by atoms with Crippen molar-refractivity contribution in [2.45, 2.75) is 22.8 Å². The normalized spacial score (nSPS) is 11.4. The zero-order valence-electron chi connectivity index (χ0n) is 14.3. The molecule has 128 valence electrons. The Morgan fingerprint density at radius 3 is 2.27 bits per heavy atom. The third-order valence-corrected chi connectivity index (χ3v) is 5.16. The third-order valence-electron chi connectivity index (χ3n) is 4.01. The number of hydrogen-bond acceptors (Lipinski definition) is 3. The predicted octanol–water partition coefficient (Wildman–Crippen LogP) is 5.20. The molecule has 3 aromatic carbocycles. The minimum atomic E-state index is -0.126. The molecular formula is C22H18N2OS. The van der Waals surface area contributed by atoms with E-state index in [-0.39, 0.29) is 11.9 Å². The summed E-state index contributed by atoms with van der Waals surface area (Å²) in [7, 11) is 0. The van der Waals surface area contributed by atoms with E-state index in [1.165, 1.54) is 11.8 Å². The van der Waals surface area contributed by atoms with Gasteiger partial charge in [0.1, 0.15) is 6.07 Å². The highest BCUT2D eigenvalue weighted by Crippen LogP contribution is 2.32. The average Bonchev–Trinajstić information content (AvgIpc) is 2.69. The van der Waals surface area contributed by atoms with E-state index in [2.05, 4.69) is 11.4 Å². The van der Waals surface area contributed by atoms with Crippen molar-refractivity contribution in [2.75, 3.05) is 0 Å². The highest BCUT2D eigenvalue weighted by Gasteiger charge is 2.16. The molecule has 1 amide bonds. The van der Waals surface area contributed by atoms with Gasteiger partial charge in [-0.15, -0.1) is 0 Å². The second-order valence-electron chi connectivity index (χ2n) is 5.81. The first-order chi connectivity index (χ1) is 12.7. The molecule has 0 unspecified atom stereocenters. The minimum Gasteiger partial charge on any atom is -0.345 e. The number of amides is 1. The van der Waals surface area contributed by atoms with Crippen LogP contribution in [-0.4, -0.2) is 5.91 Å². The van der Waals surface area contributed by atoms with E-state index in [9.17, 15) is 10.1 Å². The van der Waals surface area contributed by atoms with Crippen LogP contribution in [0.3, 0.4) is 0 Å². The first kappa shape index (κ1) is 17.8. The van der Waals surface area contributed by atoms with Gasteiger partial charge in [-0.05, 0) is 36.8 Å². The summed E-state index contributed by atoms with van der Waals surface area (Å²) in [4.78, 5) is 14.5. The molecular weight excluding hydrogens is 340 g/mol. The Morgan fingerprint density at radius 1 is 0.923 bits per heavy atom. The van der Waals surface area contributed by atoms with Crippen molar-refractivity contribution >= 4 is 17.7 Å². The predicted molar refractivity (Wildman–Crippen MR) is 104 cm³/mol. The third kappa shape index (κ3) is 4.14. The van der Waals surface area contributed by atoms with Gasteiger partial charge in [-0.2, -0.15) is 5.26 Å². The lowest BCUT2D eigenvalue weighted by molar-refractivity contribution is 0.0937. The van der Waals surface area contributed by atoms with Crippen molar-refractivity contribution in [3.63, 3.8) is 0 Å². The summed E-state index contributed by atoms with van der Waals surface area (Å²) < 4.78 is 0. The fourth-order valence-electron chi connectivity index (χ4n) is 2.61. The molecule has 1 atom stereocenters. The molecule has 3 aromatic rings. The maximum absolute atomic E-state index is 12.8. The van der Waals surface area contributed by atoms with Crippen molar-refractivity contribution in [1.82, 2.24) is 5.32 Å². The van der Waals surface area contributed by atoms with E-state index in [4.69, 9.17) is 0 Å². The maximum Gasteiger partial charge on any atom is 0.252 e. The van der Waals surface area contributed by atoms with Crippen LogP contribution in [-0.2, 0) is 0 Å². The summed E-state index contributed by atoms with van der Waals surface area (Å²) in [5.74, 6) is -0.126. The van der Waals surface area contributed by atoms with Crippen LogP contribution in [0, 0.1) is 11.3 Å². The minimum absolute atomic E-state index is 0.0897. The molecule has 0 aliphatic carbocycles. The van der Waals surface area contributed by atoms with Gasteiger partial charge in [0.25, 0.3) is 5.91 Å². The van der Waals surface area contributed by atoms with Crippen LogP contribution >= 0.6 is 11.8 Å². The van der Waals surface area contributed by atoms with Gasteiger partial charge in [-0.1, -0.05) is 66.4 Å². The fourth-order valence-corrected chi connectivity index (χ4v) is 3.63.